The molecule has 1 aromatic carbocycles. The number of carboxylic acids is 1. The van der Waals surface area contributed by atoms with Gasteiger partial charge in [0, 0.05) is 0 Å². The van der Waals surface area contributed by atoms with Crippen LogP contribution in [-0.2, 0) is 9.84 Å². The molecule has 142 valence electrons. The van der Waals surface area contributed by atoms with Gasteiger partial charge in [-0.25, -0.2) is 13.2 Å². The molecule has 0 saturated carbocycles. The summed E-state index contributed by atoms with van der Waals surface area (Å²) in [7, 11) is -7.23. The average Bonchev–Trinajstić information content (AvgIpc) is 2.33. The van der Waals surface area contributed by atoms with E-state index in [1.807, 2.05) is 0 Å². The smallest absolute Gasteiger partial charge is 0.426 e. The van der Waals surface area contributed by atoms with Gasteiger partial charge in [-0.1, -0.05) is 6.07 Å². The van der Waals surface area contributed by atoms with Crippen molar-refractivity contribution in [2.75, 3.05) is 0 Å². The molecule has 0 atom stereocenters. The van der Waals surface area contributed by atoms with Crippen LogP contribution in [0.15, 0.2) is 29.2 Å². The van der Waals surface area contributed by atoms with E-state index < -0.39 is 49.5 Å². The van der Waals surface area contributed by atoms with Gasteiger partial charge in [-0.05, 0) is 18.2 Å². The molecule has 0 fully saturated rings. The average molecular weight is 404 g/mol. The molecule has 0 heterocycles. The zero-order valence-electron chi connectivity index (χ0n) is 11.3. The standard InChI is InChI=1S/C11H5F9O4S/c12-9(13,14)8(10(15,16)17,11(18,19)20)25(23,24)6-3-1-2-5(4-6)7(21)22/h1-4H,(H,21,22). The Bertz CT molecular complexity index is 738. The summed E-state index contributed by atoms with van der Waals surface area (Å²) in [6, 6.07) is 0.734. The minimum Gasteiger partial charge on any atom is -0.478 e. The normalized spacial score (nSPS) is 14.4. The number of hydrogen-bond acceptors (Lipinski definition) is 3. The third-order valence-corrected chi connectivity index (χ3v) is 5.37. The van der Waals surface area contributed by atoms with E-state index in [-0.39, 0.29) is 12.1 Å². The second-order valence-electron chi connectivity index (χ2n) is 4.51. The fraction of sp³-hybridized carbons (Fsp3) is 0.364. The summed E-state index contributed by atoms with van der Waals surface area (Å²) in [4.78, 5) is 8.56. The molecule has 0 aliphatic carbocycles. The van der Waals surface area contributed by atoms with E-state index in [2.05, 4.69) is 0 Å². The van der Waals surface area contributed by atoms with Crippen molar-refractivity contribution < 1.29 is 57.8 Å². The van der Waals surface area contributed by atoms with Gasteiger partial charge >= 0.3 is 29.2 Å². The zero-order valence-corrected chi connectivity index (χ0v) is 12.1. The van der Waals surface area contributed by atoms with Crippen molar-refractivity contribution >= 4 is 15.8 Å². The predicted molar refractivity (Wildman–Crippen MR) is 61.5 cm³/mol. The number of halogens is 9. The first-order valence-corrected chi connectivity index (χ1v) is 7.17. The van der Waals surface area contributed by atoms with E-state index in [0.717, 1.165) is 0 Å². The molecule has 25 heavy (non-hydrogen) atoms. The highest BCUT2D eigenvalue weighted by Gasteiger charge is 2.90. The lowest BCUT2D eigenvalue weighted by atomic mass is 10.1. The Kier molecular flexibility index (Phi) is 4.86. The lowest BCUT2D eigenvalue weighted by molar-refractivity contribution is -0.347. The van der Waals surface area contributed by atoms with Crippen molar-refractivity contribution in [3.63, 3.8) is 0 Å². The maximum Gasteiger partial charge on any atom is 0.426 e. The lowest BCUT2D eigenvalue weighted by Crippen LogP contribution is -2.70. The topological polar surface area (TPSA) is 71.4 Å². The molecule has 0 aliphatic heterocycles. The van der Waals surface area contributed by atoms with Crippen LogP contribution >= 0.6 is 0 Å². The van der Waals surface area contributed by atoms with Crippen LogP contribution in [0.5, 0.6) is 0 Å². The van der Waals surface area contributed by atoms with Crippen LogP contribution in [0.4, 0.5) is 39.5 Å². The zero-order chi connectivity index (χ0) is 20.1. The molecular weight excluding hydrogens is 399 g/mol. The second kappa shape index (κ2) is 5.78. The summed E-state index contributed by atoms with van der Waals surface area (Å²) in [5.74, 6) is -1.98. The van der Waals surface area contributed by atoms with Gasteiger partial charge in [-0.2, -0.15) is 39.5 Å². The number of rotatable bonds is 3. The minimum absolute atomic E-state index is 0.000255. The number of sulfone groups is 1. The van der Waals surface area contributed by atoms with Crippen molar-refractivity contribution in [1.29, 1.82) is 0 Å². The van der Waals surface area contributed by atoms with Gasteiger partial charge < -0.3 is 5.11 Å². The first-order chi connectivity index (χ1) is 10.9. The van der Waals surface area contributed by atoms with Gasteiger partial charge in [0.1, 0.15) is 0 Å². The maximum absolute atomic E-state index is 12.9. The summed E-state index contributed by atoms with van der Waals surface area (Å²) < 4.78 is 132. The van der Waals surface area contributed by atoms with Crippen molar-refractivity contribution in [3.05, 3.63) is 29.8 Å². The van der Waals surface area contributed by atoms with E-state index in [0.29, 0.717) is 12.1 Å². The van der Waals surface area contributed by atoms with Crippen LogP contribution in [-0.4, -0.2) is 42.8 Å². The van der Waals surface area contributed by atoms with E-state index >= 15 is 0 Å². The van der Waals surface area contributed by atoms with Crippen LogP contribution < -0.4 is 0 Å². The monoisotopic (exact) mass is 404 g/mol. The van der Waals surface area contributed by atoms with Crippen LogP contribution in [0.2, 0.25) is 0 Å². The Labute approximate surface area is 132 Å². The molecule has 0 aromatic heterocycles. The summed E-state index contributed by atoms with van der Waals surface area (Å²) in [6.07, 6.45) is -22.0. The predicted octanol–water partition coefficient (Wildman–Crippen LogP) is 3.58. The molecule has 0 bridgehead atoms. The van der Waals surface area contributed by atoms with Gasteiger partial charge in [-0.15, -0.1) is 0 Å². The Balaban J connectivity index is 4.01. The number of carboxylic acid groups (broad SMARTS) is 1. The van der Waals surface area contributed by atoms with Gasteiger partial charge in [-0.3, -0.25) is 0 Å². The van der Waals surface area contributed by atoms with Gasteiger partial charge in [0.25, 0.3) is 0 Å². The third kappa shape index (κ3) is 3.02. The van der Waals surface area contributed by atoms with E-state index in [9.17, 15) is 52.7 Å². The largest absolute Gasteiger partial charge is 0.478 e. The first kappa shape index (κ1) is 21.1. The fourth-order valence-corrected chi connectivity index (χ4v) is 3.72. The van der Waals surface area contributed by atoms with Crippen LogP contribution in [0.3, 0.4) is 0 Å². The SMILES string of the molecule is O=C(O)c1cccc(S(=O)(=O)C(C(F)(F)F)(C(F)(F)F)C(F)(F)F)c1. The fourth-order valence-electron chi connectivity index (χ4n) is 1.91. The summed E-state index contributed by atoms with van der Waals surface area (Å²) in [5, 5.41) is 8.60. The van der Waals surface area contributed by atoms with E-state index in [4.69, 9.17) is 5.11 Å². The Morgan fingerprint density at radius 3 is 1.56 bits per heavy atom. The molecule has 14 heteroatoms. The first-order valence-electron chi connectivity index (χ1n) is 5.69. The maximum atomic E-state index is 12.9. The summed E-state index contributed by atoms with van der Waals surface area (Å²) >= 11 is 0. The highest BCUT2D eigenvalue weighted by Crippen LogP contribution is 2.58. The molecule has 1 N–H and O–H groups in total. The van der Waals surface area contributed by atoms with Crippen LogP contribution in [0.25, 0.3) is 0 Å². The van der Waals surface area contributed by atoms with Crippen molar-refractivity contribution in [2.24, 2.45) is 0 Å². The van der Waals surface area contributed by atoms with E-state index in [1.54, 1.807) is 0 Å². The molecule has 0 spiro atoms. The van der Waals surface area contributed by atoms with E-state index in [1.165, 1.54) is 0 Å². The van der Waals surface area contributed by atoms with Gasteiger partial charge in [0.05, 0.1) is 10.5 Å². The molecule has 1 rings (SSSR count). The van der Waals surface area contributed by atoms with Crippen molar-refractivity contribution in [2.45, 2.75) is 28.2 Å². The number of benzene rings is 1. The van der Waals surface area contributed by atoms with Crippen LogP contribution in [0, 0.1) is 0 Å². The molecule has 0 unspecified atom stereocenters. The number of carbonyl (C=O) groups is 1. The van der Waals surface area contributed by atoms with Crippen molar-refractivity contribution in [3.8, 4) is 0 Å². The molecule has 0 saturated heterocycles. The number of alkyl halides is 9. The highest BCUT2D eigenvalue weighted by atomic mass is 32.2. The third-order valence-electron chi connectivity index (χ3n) is 2.99. The number of aromatic carboxylic acids is 1. The Hall–Kier alpha value is -1.99. The summed E-state index contributed by atoms with van der Waals surface area (Å²) in [5.41, 5.74) is -1.12. The Morgan fingerprint density at radius 2 is 1.24 bits per heavy atom. The highest BCUT2D eigenvalue weighted by molar-refractivity contribution is 7.93. The summed E-state index contributed by atoms with van der Waals surface area (Å²) in [6.45, 7) is 0. The Morgan fingerprint density at radius 1 is 0.840 bits per heavy atom. The second-order valence-corrected chi connectivity index (χ2v) is 6.60. The minimum atomic E-state index is -7.33. The molecule has 0 aliphatic rings. The van der Waals surface area contributed by atoms with Gasteiger partial charge in [0.15, 0.2) is 0 Å². The lowest BCUT2D eigenvalue weighted by Gasteiger charge is -2.37. The molecule has 0 radical (unpaired) electrons. The molecule has 4 nitrogen and oxygen atoms in total. The van der Waals surface area contributed by atoms with Gasteiger partial charge in [0.2, 0.25) is 9.84 Å². The molecule has 1 aromatic rings. The van der Waals surface area contributed by atoms with Crippen LogP contribution in [0.1, 0.15) is 10.4 Å². The van der Waals surface area contributed by atoms with Crippen molar-refractivity contribution in [1.82, 2.24) is 0 Å². The quantitative estimate of drug-likeness (QED) is 0.782. The molecular formula is C11H5F9O4S. The number of hydrogen-bond donors (Lipinski definition) is 1. The molecule has 0 amide bonds.